The lowest BCUT2D eigenvalue weighted by Crippen LogP contribution is -2.12. The van der Waals surface area contributed by atoms with Gasteiger partial charge in [0.25, 0.3) is 5.95 Å². The second-order valence-corrected chi connectivity index (χ2v) is 5.49. The van der Waals surface area contributed by atoms with Gasteiger partial charge in [-0.25, -0.2) is 0 Å². The third-order valence-corrected chi connectivity index (χ3v) is 3.85. The molecule has 1 aromatic carbocycles. The Kier molecular flexibility index (Phi) is 5.17. The number of rotatable bonds is 8. The second kappa shape index (κ2) is 7.69. The van der Waals surface area contributed by atoms with Crippen molar-refractivity contribution in [3.05, 3.63) is 36.0 Å². The Balaban J connectivity index is 1.61. The summed E-state index contributed by atoms with van der Waals surface area (Å²) in [4.78, 5) is 11.9. The Morgan fingerprint density at radius 1 is 1.38 bits per heavy atom. The van der Waals surface area contributed by atoms with E-state index in [-0.39, 0.29) is 11.9 Å². The molecule has 0 fully saturated rings. The number of nitrogens with zero attached hydrogens (tertiary/aromatic N) is 4. The molecule has 0 saturated heterocycles. The highest BCUT2D eigenvalue weighted by Crippen LogP contribution is 2.23. The van der Waals surface area contributed by atoms with Gasteiger partial charge in [-0.05, 0) is 29.7 Å². The van der Waals surface area contributed by atoms with E-state index in [2.05, 4.69) is 48.8 Å². The number of hydrogen-bond acceptors (Lipinski definition) is 5. The molecule has 0 aliphatic carbocycles. The lowest BCUT2D eigenvalue weighted by atomic mass is 10.1. The zero-order chi connectivity index (χ0) is 16.8. The van der Waals surface area contributed by atoms with Gasteiger partial charge in [-0.15, -0.1) is 5.10 Å². The van der Waals surface area contributed by atoms with Crippen molar-refractivity contribution in [2.24, 2.45) is 0 Å². The number of aromatic amines is 1. The zero-order valence-corrected chi connectivity index (χ0v) is 13.5. The molecule has 2 aromatic heterocycles. The number of carbonyl (C=O) groups excluding carboxylic acids is 1. The van der Waals surface area contributed by atoms with E-state index in [4.69, 9.17) is 4.74 Å². The van der Waals surface area contributed by atoms with Crippen molar-refractivity contribution in [2.45, 2.75) is 25.8 Å². The summed E-state index contributed by atoms with van der Waals surface area (Å²) in [6.07, 6.45) is 4.15. The molecule has 24 heavy (non-hydrogen) atoms. The van der Waals surface area contributed by atoms with Crippen molar-refractivity contribution >= 4 is 22.8 Å². The number of para-hydroxylation sites is 1. The summed E-state index contributed by atoms with van der Waals surface area (Å²) in [5, 5.41) is 16.9. The molecule has 3 aromatic rings. The van der Waals surface area contributed by atoms with E-state index < -0.39 is 0 Å². The summed E-state index contributed by atoms with van der Waals surface area (Å²) in [6, 6.07) is 8.30. The number of aryl methyl sites for hydroxylation is 1. The third-order valence-electron chi connectivity index (χ3n) is 3.85. The average Bonchev–Trinajstić information content (AvgIpc) is 3.21. The van der Waals surface area contributed by atoms with Gasteiger partial charge in [-0.2, -0.15) is 5.21 Å². The number of hydrogen-bond donors (Lipinski definition) is 2. The zero-order valence-electron chi connectivity index (χ0n) is 13.5. The first-order valence-corrected chi connectivity index (χ1v) is 7.87. The topological polar surface area (TPSA) is 97.7 Å². The Morgan fingerprint density at radius 2 is 2.25 bits per heavy atom. The molecule has 0 bridgehead atoms. The molecule has 1 amide bonds. The molecule has 0 saturated carbocycles. The molecule has 0 spiro atoms. The van der Waals surface area contributed by atoms with Crippen LogP contribution in [0.3, 0.4) is 0 Å². The average molecular weight is 328 g/mol. The van der Waals surface area contributed by atoms with Crippen LogP contribution in [0.1, 0.15) is 18.4 Å². The Morgan fingerprint density at radius 3 is 3.04 bits per heavy atom. The highest BCUT2D eigenvalue weighted by atomic mass is 16.5. The number of tetrazole rings is 1. The van der Waals surface area contributed by atoms with Crippen molar-refractivity contribution in [3.63, 3.8) is 0 Å². The van der Waals surface area contributed by atoms with E-state index in [1.165, 1.54) is 16.5 Å². The predicted molar refractivity (Wildman–Crippen MR) is 89.6 cm³/mol. The monoisotopic (exact) mass is 328 g/mol. The maximum Gasteiger partial charge on any atom is 0.269 e. The minimum atomic E-state index is -0.112. The van der Waals surface area contributed by atoms with Crippen LogP contribution < -0.4 is 5.32 Å². The van der Waals surface area contributed by atoms with E-state index in [1.807, 2.05) is 12.1 Å². The molecule has 0 unspecified atom stereocenters. The van der Waals surface area contributed by atoms with Gasteiger partial charge in [0, 0.05) is 37.2 Å². The molecule has 8 heteroatoms. The summed E-state index contributed by atoms with van der Waals surface area (Å²) in [5.41, 5.74) is 2.44. The van der Waals surface area contributed by atoms with E-state index in [9.17, 15) is 4.79 Å². The van der Waals surface area contributed by atoms with Gasteiger partial charge >= 0.3 is 0 Å². The molecule has 0 aliphatic rings. The molecule has 126 valence electrons. The first-order chi connectivity index (χ1) is 11.8. The van der Waals surface area contributed by atoms with Crippen LogP contribution in [-0.2, 0) is 22.5 Å². The van der Waals surface area contributed by atoms with Crippen molar-refractivity contribution in [2.75, 3.05) is 19.0 Å². The molecule has 0 atom stereocenters. The number of benzene rings is 1. The maximum absolute atomic E-state index is 11.9. The number of carbonyl (C=O) groups is 1. The van der Waals surface area contributed by atoms with Crippen LogP contribution >= 0.6 is 0 Å². The molecule has 0 radical (unpaired) electrons. The van der Waals surface area contributed by atoms with Crippen LogP contribution in [0.5, 0.6) is 0 Å². The molecule has 2 N–H and O–H groups in total. The second-order valence-electron chi connectivity index (χ2n) is 5.49. The summed E-state index contributed by atoms with van der Waals surface area (Å²) >= 11 is 0. The number of anilines is 1. The fraction of sp³-hybridized carbons (Fsp3) is 0.375. The van der Waals surface area contributed by atoms with Crippen LogP contribution in [0.25, 0.3) is 10.9 Å². The van der Waals surface area contributed by atoms with Crippen LogP contribution in [-0.4, -0.2) is 44.8 Å². The minimum absolute atomic E-state index is 0.112. The fourth-order valence-corrected chi connectivity index (χ4v) is 2.74. The molecular formula is C16H20N6O2. The highest BCUT2D eigenvalue weighted by Gasteiger charge is 2.10. The Hall–Kier alpha value is -2.74. The van der Waals surface area contributed by atoms with Gasteiger partial charge in [0.1, 0.15) is 0 Å². The standard InChI is InChI=1S/C16H20N6O2/c1-24-10-9-22-11-12(13-6-2-3-7-14(13)22)5-4-8-15(23)17-16-18-20-21-19-16/h2-3,6-7,11H,4-5,8-10H2,1H3,(H2,17,18,19,20,21,23). The van der Waals surface area contributed by atoms with Crippen LogP contribution in [0.2, 0.25) is 0 Å². The van der Waals surface area contributed by atoms with Gasteiger partial charge in [0.15, 0.2) is 0 Å². The molecular weight excluding hydrogens is 308 g/mol. The highest BCUT2D eigenvalue weighted by molar-refractivity contribution is 5.89. The quantitative estimate of drug-likeness (QED) is 0.656. The van der Waals surface area contributed by atoms with Gasteiger partial charge in [0.05, 0.1) is 6.61 Å². The summed E-state index contributed by atoms with van der Waals surface area (Å²) < 4.78 is 7.38. The first-order valence-electron chi connectivity index (χ1n) is 7.87. The number of fused-ring (bicyclic) bond motifs is 1. The van der Waals surface area contributed by atoms with E-state index in [1.54, 1.807) is 7.11 Å². The van der Waals surface area contributed by atoms with Gasteiger partial charge in [-0.3, -0.25) is 10.1 Å². The number of ether oxygens (including phenoxy) is 1. The number of nitrogens with one attached hydrogen (secondary N) is 2. The largest absolute Gasteiger partial charge is 0.383 e. The lowest BCUT2D eigenvalue weighted by molar-refractivity contribution is -0.116. The van der Waals surface area contributed by atoms with Crippen LogP contribution in [0.4, 0.5) is 5.95 Å². The Labute approximate surface area is 139 Å². The predicted octanol–water partition coefficient (Wildman–Crippen LogP) is 1.76. The number of amides is 1. The van der Waals surface area contributed by atoms with Crippen molar-refractivity contribution in [1.29, 1.82) is 0 Å². The molecule has 2 heterocycles. The van der Waals surface area contributed by atoms with Crippen molar-refractivity contribution in [3.8, 4) is 0 Å². The first kappa shape index (κ1) is 16.1. The molecule has 8 nitrogen and oxygen atoms in total. The summed E-state index contributed by atoms with van der Waals surface area (Å²) in [5.74, 6) is 0.0932. The summed E-state index contributed by atoms with van der Waals surface area (Å²) in [7, 11) is 1.70. The molecule has 3 rings (SSSR count). The van der Waals surface area contributed by atoms with Crippen LogP contribution in [0.15, 0.2) is 30.5 Å². The van der Waals surface area contributed by atoms with Crippen molar-refractivity contribution < 1.29 is 9.53 Å². The van der Waals surface area contributed by atoms with Gasteiger partial charge in [0.2, 0.25) is 5.91 Å². The SMILES string of the molecule is COCCn1cc(CCCC(=O)Nc2nn[nH]n2)c2ccccc21. The van der Waals surface area contributed by atoms with E-state index >= 15 is 0 Å². The maximum atomic E-state index is 11.9. The van der Waals surface area contributed by atoms with Crippen LogP contribution in [0, 0.1) is 0 Å². The minimum Gasteiger partial charge on any atom is -0.383 e. The number of aromatic nitrogens is 5. The Bertz CT molecular complexity index is 796. The fourth-order valence-electron chi connectivity index (χ4n) is 2.74. The smallest absolute Gasteiger partial charge is 0.269 e. The van der Waals surface area contributed by atoms with E-state index in [0.29, 0.717) is 13.0 Å². The third kappa shape index (κ3) is 3.77. The van der Waals surface area contributed by atoms with Gasteiger partial charge in [-0.1, -0.05) is 23.3 Å². The lowest BCUT2D eigenvalue weighted by Gasteiger charge is -2.03. The summed E-state index contributed by atoms with van der Waals surface area (Å²) in [6.45, 7) is 1.49. The van der Waals surface area contributed by atoms with Crippen molar-refractivity contribution in [1.82, 2.24) is 25.2 Å². The normalized spacial score (nSPS) is 11.0. The number of H-pyrrole nitrogens is 1. The number of methoxy groups -OCH3 is 1. The molecule has 0 aliphatic heterocycles. The van der Waals surface area contributed by atoms with Gasteiger partial charge < -0.3 is 9.30 Å². The van der Waals surface area contributed by atoms with E-state index in [0.717, 1.165) is 19.4 Å².